The van der Waals surface area contributed by atoms with E-state index in [4.69, 9.17) is 9.47 Å². The molecule has 7 nitrogen and oxygen atoms in total. The number of carbonyl (C=O) groups excluding carboxylic acids is 1. The van der Waals surface area contributed by atoms with Crippen molar-refractivity contribution in [2.45, 2.75) is 128 Å². The normalized spacial score (nSPS) is 26.8. The van der Waals surface area contributed by atoms with Crippen LogP contribution in [0, 0.1) is 5.92 Å². The van der Waals surface area contributed by atoms with E-state index in [1.165, 1.54) is 57.8 Å². The number of aliphatic hydroxyl groups excluding tert-OH is 4. The predicted octanol–water partition coefficient (Wildman–Crippen LogP) is 3.06. The number of esters is 1. The van der Waals surface area contributed by atoms with Crippen molar-refractivity contribution in [2.75, 3.05) is 6.61 Å². The first-order valence-corrected chi connectivity index (χ1v) is 11.9. The second-order valence-corrected chi connectivity index (χ2v) is 9.04. The van der Waals surface area contributed by atoms with Crippen molar-refractivity contribution < 1.29 is 34.7 Å². The van der Waals surface area contributed by atoms with Crippen molar-refractivity contribution in [2.24, 2.45) is 5.92 Å². The second-order valence-electron chi connectivity index (χ2n) is 9.04. The Labute approximate surface area is 181 Å². The van der Waals surface area contributed by atoms with E-state index in [1.54, 1.807) is 0 Å². The molecule has 0 aromatic rings. The maximum absolute atomic E-state index is 11.8. The number of rotatable bonds is 16. The molecule has 178 valence electrons. The van der Waals surface area contributed by atoms with Crippen LogP contribution in [0.15, 0.2) is 0 Å². The highest BCUT2D eigenvalue weighted by Gasteiger charge is 2.43. The first-order chi connectivity index (χ1) is 14.3. The lowest BCUT2D eigenvalue weighted by atomic mass is 9.99. The van der Waals surface area contributed by atoms with Gasteiger partial charge in [-0.25, -0.2) is 0 Å². The summed E-state index contributed by atoms with van der Waals surface area (Å²) < 4.78 is 10.0. The Balaban J connectivity index is 1.92. The minimum atomic E-state index is -1.61. The Kier molecular flexibility index (Phi) is 14.5. The topological polar surface area (TPSA) is 116 Å². The third-order valence-corrected chi connectivity index (χ3v) is 5.76. The first-order valence-electron chi connectivity index (χ1n) is 11.9. The summed E-state index contributed by atoms with van der Waals surface area (Å²) in [5.74, 6) is 0.432. The smallest absolute Gasteiger partial charge is 0.305 e. The molecule has 0 aromatic carbocycles. The van der Waals surface area contributed by atoms with Gasteiger partial charge in [-0.1, -0.05) is 84.5 Å². The summed E-state index contributed by atoms with van der Waals surface area (Å²) in [7, 11) is 0. The Morgan fingerprint density at radius 3 is 1.80 bits per heavy atom. The number of aliphatic hydroxyl groups is 4. The van der Waals surface area contributed by atoms with E-state index in [0.717, 1.165) is 25.2 Å². The average molecular weight is 433 g/mol. The molecule has 0 amide bonds. The predicted molar refractivity (Wildman–Crippen MR) is 115 cm³/mol. The number of unbranched alkanes of at least 4 members (excludes halogenated alkanes) is 10. The zero-order valence-corrected chi connectivity index (χ0v) is 18.9. The van der Waals surface area contributed by atoms with Gasteiger partial charge in [-0.05, 0) is 12.3 Å². The summed E-state index contributed by atoms with van der Waals surface area (Å²) in [6, 6.07) is 0. The third kappa shape index (κ3) is 11.6. The molecule has 1 aliphatic heterocycles. The number of hydrogen-bond donors (Lipinski definition) is 4. The summed E-state index contributed by atoms with van der Waals surface area (Å²) in [4.78, 5) is 11.8. The molecule has 1 unspecified atom stereocenters. The fourth-order valence-electron chi connectivity index (χ4n) is 3.73. The van der Waals surface area contributed by atoms with Gasteiger partial charge >= 0.3 is 5.97 Å². The van der Waals surface area contributed by atoms with Gasteiger partial charge in [0.2, 0.25) is 0 Å². The molecule has 1 heterocycles. The van der Waals surface area contributed by atoms with E-state index >= 15 is 0 Å². The Morgan fingerprint density at radius 2 is 1.27 bits per heavy atom. The van der Waals surface area contributed by atoms with Crippen LogP contribution in [0.3, 0.4) is 0 Å². The molecule has 0 bridgehead atoms. The van der Waals surface area contributed by atoms with Crippen LogP contribution >= 0.6 is 0 Å². The highest BCUT2D eigenvalue weighted by atomic mass is 16.6. The van der Waals surface area contributed by atoms with Crippen molar-refractivity contribution in [3.8, 4) is 0 Å². The van der Waals surface area contributed by atoms with Gasteiger partial charge in [0.05, 0.1) is 0 Å². The maximum Gasteiger partial charge on any atom is 0.305 e. The van der Waals surface area contributed by atoms with Gasteiger partial charge in [0.1, 0.15) is 31.0 Å². The molecule has 0 radical (unpaired) electrons. The van der Waals surface area contributed by atoms with E-state index in [0.29, 0.717) is 6.42 Å². The van der Waals surface area contributed by atoms with Crippen molar-refractivity contribution in [3.05, 3.63) is 0 Å². The first kappa shape index (κ1) is 27.3. The second kappa shape index (κ2) is 16.0. The summed E-state index contributed by atoms with van der Waals surface area (Å²) in [6.07, 6.45) is 7.78. The van der Waals surface area contributed by atoms with Gasteiger partial charge < -0.3 is 29.9 Å². The summed E-state index contributed by atoms with van der Waals surface area (Å²) in [5, 5.41) is 38.3. The van der Waals surface area contributed by atoms with Crippen molar-refractivity contribution in [3.63, 3.8) is 0 Å². The van der Waals surface area contributed by atoms with Crippen molar-refractivity contribution >= 4 is 5.97 Å². The number of hydrogen-bond acceptors (Lipinski definition) is 7. The molecule has 0 aromatic heterocycles. The average Bonchev–Trinajstić information content (AvgIpc) is 2.71. The minimum absolute atomic E-state index is 0.266. The highest BCUT2D eigenvalue weighted by Crippen LogP contribution is 2.20. The van der Waals surface area contributed by atoms with Gasteiger partial charge in [0, 0.05) is 6.42 Å². The molecular weight excluding hydrogens is 388 g/mol. The van der Waals surface area contributed by atoms with Crippen LogP contribution in [0.4, 0.5) is 0 Å². The molecule has 1 fully saturated rings. The van der Waals surface area contributed by atoms with E-state index in [2.05, 4.69) is 13.8 Å². The fraction of sp³-hybridized carbons (Fsp3) is 0.957. The highest BCUT2D eigenvalue weighted by molar-refractivity contribution is 5.69. The lowest BCUT2D eigenvalue weighted by Crippen LogP contribution is -2.58. The van der Waals surface area contributed by atoms with Crippen LogP contribution in [0.25, 0.3) is 0 Å². The minimum Gasteiger partial charge on any atom is -0.463 e. The molecule has 7 heteroatoms. The van der Waals surface area contributed by atoms with Crippen LogP contribution in [-0.4, -0.2) is 63.7 Å². The van der Waals surface area contributed by atoms with Crippen LogP contribution in [0.2, 0.25) is 0 Å². The number of carbonyl (C=O) groups is 1. The molecule has 1 saturated heterocycles. The van der Waals surface area contributed by atoms with Crippen LogP contribution in [0.1, 0.15) is 97.3 Å². The summed E-state index contributed by atoms with van der Waals surface area (Å²) in [6.45, 7) is 4.30. The molecule has 1 rings (SSSR count). The summed E-state index contributed by atoms with van der Waals surface area (Å²) in [5.41, 5.74) is 0. The fourth-order valence-corrected chi connectivity index (χ4v) is 3.73. The van der Waals surface area contributed by atoms with E-state index in [1.807, 2.05) is 0 Å². The lowest BCUT2D eigenvalue weighted by molar-refractivity contribution is -0.287. The zero-order chi connectivity index (χ0) is 22.4. The van der Waals surface area contributed by atoms with Gasteiger partial charge in [0.15, 0.2) is 6.29 Å². The Hall–Kier alpha value is -0.730. The molecule has 30 heavy (non-hydrogen) atoms. The van der Waals surface area contributed by atoms with Gasteiger partial charge in [-0.2, -0.15) is 0 Å². The largest absolute Gasteiger partial charge is 0.463 e. The molecule has 0 saturated carbocycles. The quantitative estimate of drug-likeness (QED) is 0.219. The third-order valence-electron chi connectivity index (χ3n) is 5.76. The zero-order valence-electron chi connectivity index (χ0n) is 18.9. The Morgan fingerprint density at radius 1 is 0.767 bits per heavy atom. The van der Waals surface area contributed by atoms with Crippen LogP contribution < -0.4 is 0 Å². The Bertz CT molecular complexity index is 443. The van der Waals surface area contributed by atoms with Crippen molar-refractivity contribution in [1.82, 2.24) is 0 Å². The number of ether oxygens (including phenoxy) is 2. The lowest BCUT2D eigenvalue weighted by Gasteiger charge is -2.37. The SMILES string of the molecule is CC(C)CCCCCCCCCCCCCC(=O)OC[C@H]1OC(O)[C@H](O)[C@@H](O)[C@@H]1O. The monoisotopic (exact) mass is 432 g/mol. The van der Waals surface area contributed by atoms with Gasteiger partial charge in [-0.3, -0.25) is 4.79 Å². The molecule has 1 aliphatic rings. The molecule has 0 aliphatic carbocycles. The molecular formula is C23H44O7. The van der Waals surface area contributed by atoms with Crippen LogP contribution in [-0.2, 0) is 14.3 Å². The molecule has 0 spiro atoms. The molecule has 4 N–H and O–H groups in total. The maximum atomic E-state index is 11.8. The van der Waals surface area contributed by atoms with E-state index in [-0.39, 0.29) is 6.61 Å². The van der Waals surface area contributed by atoms with E-state index < -0.39 is 36.7 Å². The molecule has 5 atom stereocenters. The van der Waals surface area contributed by atoms with E-state index in [9.17, 15) is 25.2 Å². The standard InChI is InChI=1S/C23H44O7/c1-17(2)14-12-10-8-6-4-3-5-7-9-11-13-15-19(24)29-16-18-20(25)21(26)22(27)23(28)30-18/h17-18,20-23,25-28H,3-16H2,1-2H3/t18-,20-,21+,22-,23?/m1/s1. The summed E-state index contributed by atoms with van der Waals surface area (Å²) >= 11 is 0. The van der Waals surface area contributed by atoms with Crippen LogP contribution in [0.5, 0.6) is 0 Å². The van der Waals surface area contributed by atoms with Crippen molar-refractivity contribution in [1.29, 1.82) is 0 Å². The van der Waals surface area contributed by atoms with Gasteiger partial charge in [-0.15, -0.1) is 0 Å². The van der Waals surface area contributed by atoms with Gasteiger partial charge in [0.25, 0.3) is 0 Å².